The minimum atomic E-state index is -0.587. The lowest BCUT2D eigenvalue weighted by Crippen LogP contribution is -2.49. The zero-order valence-corrected chi connectivity index (χ0v) is 21.0. The van der Waals surface area contributed by atoms with Crippen molar-refractivity contribution in [3.63, 3.8) is 0 Å². The predicted octanol–water partition coefficient (Wildman–Crippen LogP) is 5.90. The number of hydrogen-bond acceptors (Lipinski definition) is 2. The summed E-state index contributed by atoms with van der Waals surface area (Å²) >= 11 is 6.35. The molecule has 0 unspecified atom stereocenters. The number of aryl methyl sites for hydroxylation is 1. The van der Waals surface area contributed by atoms with E-state index in [4.69, 9.17) is 11.6 Å². The monoisotopic (exact) mass is 456 g/mol. The molecule has 0 aliphatic rings. The van der Waals surface area contributed by atoms with Gasteiger partial charge in [0, 0.05) is 24.0 Å². The van der Waals surface area contributed by atoms with Crippen LogP contribution >= 0.6 is 11.6 Å². The van der Waals surface area contributed by atoms with Gasteiger partial charge in [-0.2, -0.15) is 0 Å². The molecule has 0 fully saturated rings. The van der Waals surface area contributed by atoms with E-state index in [-0.39, 0.29) is 23.3 Å². The molecule has 0 radical (unpaired) electrons. The first-order chi connectivity index (χ1) is 15.0. The number of rotatable bonds is 9. The molecule has 0 saturated carbocycles. The number of benzene rings is 2. The Morgan fingerprint density at radius 3 is 2.22 bits per heavy atom. The van der Waals surface area contributed by atoms with Crippen LogP contribution in [0.2, 0.25) is 5.02 Å². The Hall–Kier alpha value is -2.33. The largest absolute Gasteiger partial charge is 0.352 e. The Bertz CT molecular complexity index is 903. The highest BCUT2D eigenvalue weighted by Gasteiger charge is 2.27. The summed E-state index contributed by atoms with van der Waals surface area (Å²) in [5.74, 6) is -0.203. The molecule has 174 valence electrons. The van der Waals surface area contributed by atoms with Gasteiger partial charge >= 0.3 is 0 Å². The lowest BCUT2D eigenvalue weighted by Gasteiger charge is -2.30. The SMILES string of the molecule is CC[C@@H](C)NC(=O)[C@H](C)N(Cc1ccccc1Cl)C(=O)CCc1ccc(C(C)(C)C)cc1. The lowest BCUT2D eigenvalue weighted by molar-refractivity contribution is -0.140. The van der Waals surface area contributed by atoms with E-state index in [0.717, 1.165) is 17.5 Å². The first-order valence-corrected chi connectivity index (χ1v) is 11.8. The van der Waals surface area contributed by atoms with Gasteiger partial charge in [0.05, 0.1) is 0 Å². The van der Waals surface area contributed by atoms with Crippen molar-refractivity contribution in [2.24, 2.45) is 0 Å². The Kier molecular flexibility index (Phi) is 9.33. The molecule has 0 spiro atoms. The molecule has 2 aromatic rings. The maximum absolute atomic E-state index is 13.3. The first-order valence-electron chi connectivity index (χ1n) is 11.5. The Balaban J connectivity index is 2.15. The maximum atomic E-state index is 13.3. The van der Waals surface area contributed by atoms with Crippen LogP contribution in [0, 0.1) is 0 Å². The minimum Gasteiger partial charge on any atom is -0.352 e. The highest BCUT2D eigenvalue weighted by Crippen LogP contribution is 2.23. The summed E-state index contributed by atoms with van der Waals surface area (Å²) in [6.07, 6.45) is 1.80. The number of hydrogen-bond donors (Lipinski definition) is 1. The van der Waals surface area contributed by atoms with Crippen LogP contribution in [0.25, 0.3) is 0 Å². The van der Waals surface area contributed by atoms with E-state index in [1.54, 1.807) is 17.9 Å². The molecule has 2 atom stereocenters. The average Bonchev–Trinajstić information content (AvgIpc) is 2.76. The van der Waals surface area contributed by atoms with Gasteiger partial charge in [0.1, 0.15) is 6.04 Å². The van der Waals surface area contributed by atoms with Crippen molar-refractivity contribution in [1.29, 1.82) is 0 Å². The van der Waals surface area contributed by atoms with Crippen molar-refractivity contribution in [1.82, 2.24) is 10.2 Å². The summed E-state index contributed by atoms with van der Waals surface area (Å²) in [6, 6.07) is 15.4. The van der Waals surface area contributed by atoms with Gasteiger partial charge in [-0.3, -0.25) is 9.59 Å². The average molecular weight is 457 g/mol. The zero-order chi connectivity index (χ0) is 23.9. The molecule has 2 aromatic carbocycles. The van der Waals surface area contributed by atoms with Crippen LogP contribution in [-0.4, -0.2) is 28.8 Å². The van der Waals surface area contributed by atoms with Crippen LogP contribution in [0.1, 0.15) is 71.1 Å². The van der Waals surface area contributed by atoms with Crippen LogP contribution in [0.3, 0.4) is 0 Å². The van der Waals surface area contributed by atoms with Gasteiger partial charge in [0.2, 0.25) is 11.8 Å². The molecular weight excluding hydrogens is 420 g/mol. The topological polar surface area (TPSA) is 49.4 Å². The third-order valence-corrected chi connectivity index (χ3v) is 6.28. The molecule has 5 heteroatoms. The number of amides is 2. The molecule has 0 heterocycles. The van der Waals surface area contributed by atoms with E-state index >= 15 is 0 Å². The number of nitrogens with zero attached hydrogens (tertiary/aromatic N) is 1. The molecule has 0 saturated heterocycles. The fraction of sp³-hybridized carbons (Fsp3) is 0.481. The highest BCUT2D eigenvalue weighted by atomic mass is 35.5. The second-order valence-electron chi connectivity index (χ2n) is 9.55. The zero-order valence-electron chi connectivity index (χ0n) is 20.2. The van der Waals surface area contributed by atoms with E-state index in [2.05, 4.69) is 50.4 Å². The fourth-order valence-corrected chi connectivity index (χ4v) is 3.62. The fourth-order valence-electron chi connectivity index (χ4n) is 3.42. The van der Waals surface area contributed by atoms with Gasteiger partial charge in [-0.05, 0) is 54.9 Å². The van der Waals surface area contributed by atoms with Crippen molar-refractivity contribution in [2.45, 2.75) is 84.8 Å². The second-order valence-corrected chi connectivity index (χ2v) is 9.96. The van der Waals surface area contributed by atoms with Crippen molar-refractivity contribution in [3.05, 3.63) is 70.2 Å². The van der Waals surface area contributed by atoms with Gasteiger partial charge < -0.3 is 10.2 Å². The predicted molar refractivity (Wildman–Crippen MR) is 133 cm³/mol. The summed E-state index contributed by atoms with van der Waals surface area (Å²) in [7, 11) is 0. The molecule has 0 aromatic heterocycles. The van der Waals surface area contributed by atoms with Gasteiger partial charge in [-0.1, -0.05) is 81.8 Å². The van der Waals surface area contributed by atoms with Crippen LogP contribution in [0.5, 0.6) is 0 Å². The molecule has 0 bridgehead atoms. The number of nitrogens with one attached hydrogen (secondary N) is 1. The maximum Gasteiger partial charge on any atom is 0.242 e. The van der Waals surface area contributed by atoms with Gasteiger partial charge in [-0.25, -0.2) is 0 Å². The Morgan fingerprint density at radius 1 is 1.03 bits per heavy atom. The van der Waals surface area contributed by atoms with E-state index < -0.39 is 6.04 Å². The molecule has 2 rings (SSSR count). The summed E-state index contributed by atoms with van der Waals surface area (Å²) < 4.78 is 0. The van der Waals surface area contributed by atoms with Crippen molar-refractivity contribution >= 4 is 23.4 Å². The molecule has 0 aliphatic heterocycles. The molecule has 2 amide bonds. The molecule has 0 aliphatic carbocycles. The standard InChI is InChI=1S/C27H37ClN2O2/c1-7-19(2)29-26(32)20(3)30(18-22-10-8-9-11-24(22)28)25(31)17-14-21-12-15-23(16-13-21)27(4,5)6/h8-13,15-16,19-20H,7,14,17-18H2,1-6H3,(H,29,32)/t19-,20+/m1/s1. The quantitative estimate of drug-likeness (QED) is 0.510. The Labute approximate surface area is 198 Å². The van der Waals surface area contributed by atoms with E-state index in [9.17, 15) is 9.59 Å². The van der Waals surface area contributed by atoms with Crippen molar-refractivity contribution < 1.29 is 9.59 Å². The van der Waals surface area contributed by atoms with Gasteiger partial charge in [-0.15, -0.1) is 0 Å². The third-order valence-electron chi connectivity index (χ3n) is 5.91. The van der Waals surface area contributed by atoms with Crippen LogP contribution in [0.4, 0.5) is 0 Å². The smallest absolute Gasteiger partial charge is 0.242 e. The van der Waals surface area contributed by atoms with Gasteiger partial charge in [0.15, 0.2) is 0 Å². The van der Waals surface area contributed by atoms with Crippen LogP contribution in [-0.2, 0) is 28.0 Å². The minimum absolute atomic E-state index is 0.0587. The normalized spacial score (nSPS) is 13.3. The third kappa shape index (κ3) is 7.37. The van der Waals surface area contributed by atoms with E-state index in [1.165, 1.54) is 5.56 Å². The molecule has 1 N–H and O–H groups in total. The van der Waals surface area contributed by atoms with Crippen LogP contribution < -0.4 is 5.32 Å². The summed E-state index contributed by atoms with van der Waals surface area (Å²) in [4.78, 5) is 27.7. The highest BCUT2D eigenvalue weighted by molar-refractivity contribution is 6.31. The number of carbonyl (C=O) groups excluding carboxylic acids is 2. The first kappa shape index (κ1) is 25.9. The number of carbonyl (C=O) groups is 2. The second kappa shape index (κ2) is 11.5. The summed E-state index contributed by atoms with van der Waals surface area (Å²) in [5.41, 5.74) is 3.31. The van der Waals surface area contributed by atoms with E-state index in [1.807, 2.05) is 32.0 Å². The van der Waals surface area contributed by atoms with Crippen molar-refractivity contribution in [3.8, 4) is 0 Å². The molecule has 32 heavy (non-hydrogen) atoms. The van der Waals surface area contributed by atoms with Crippen molar-refractivity contribution in [2.75, 3.05) is 0 Å². The van der Waals surface area contributed by atoms with E-state index in [0.29, 0.717) is 24.4 Å². The summed E-state index contributed by atoms with van der Waals surface area (Å²) in [6.45, 7) is 12.6. The molecular formula is C27H37ClN2O2. The Morgan fingerprint density at radius 2 is 1.66 bits per heavy atom. The number of halogens is 1. The van der Waals surface area contributed by atoms with Gasteiger partial charge in [0.25, 0.3) is 0 Å². The molecule has 4 nitrogen and oxygen atoms in total. The van der Waals surface area contributed by atoms with Crippen LogP contribution in [0.15, 0.2) is 48.5 Å². The summed E-state index contributed by atoms with van der Waals surface area (Å²) in [5, 5.41) is 3.59. The lowest BCUT2D eigenvalue weighted by atomic mass is 9.86.